The van der Waals surface area contributed by atoms with Gasteiger partial charge in [-0.3, -0.25) is 0 Å². The highest BCUT2D eigenvalue weighted by Crippen LogP contribution is 2.26. The summed E-state index contributed by atoms with van der Waals surface area (Å²) in [6.45, 7) is 1.19. The quantitative estimate of drug-likeness (QED) is 0.318. The second-order valence-electron chi connectivity index (χ2n) is 4.71. The number of carbonyl (C=O) groups is 1. The summed E-state index contributed by atoms with van der Waals surface area (Å²) < 4.78 is 20.6. The minimum Gasteiger partial charge on any atom is -0.497 e. The molecule has 0 saturated carbocycles. The molecule has 2 atom stereocenters. The highest BCUT2D eigenvalue weighted by molar-refractivity contribution is 5.81. The average Bonchev–Trinajstić information content (AvgIpc) is 3.28. The minimum atomic E-state index is -0.361. The Morgan fingerprint density at radius 2 is 2.05 bits per heavy atom. The number of carbonyl (C=O) groups excluding carboxylic acids is 1. The number of ether oxygens (including phenoxy) is 4. The zero-order chi connectivity index (χ0) is 15.1. The van der Waals surface area contributed by atoms with Gasteiger partial charge in [0, 0.05) is 12.7 Å². The summed E-state index contributed by atoms with van der Waals surface area (Å²) in [5, 5.41) is 0. The van der Waals surface area contributed by atoms with Gasteiger partial charge in [-0.1, -0.05) is 12.1 Å². The van der Waals surface area contributed by atoms with Crippen LogP contribution in [0.25, 0.3) is 0 Å². The monoisotopic (exact) mass is 292 g/mol. The predicted octanol–water partition coefficient (Wildman–Crippen LogP) is 2.10. The first-order valence-corrected chi connectivity index (χ1v) is 6.85. The van der Waals surface area contributed by atoms with E-state index in [4.69, 9.17) is 14.2 Å². The minimum absolute atomic E-state index is 0.00804. The maximum absolute atomic E-state index is 10.9. The molecule has 1 aliphatic heterocycles. The fourth-order valence-corrected chi connectivity index (χ4v) is 1.91. The third-order valence-electron chi connectivity index (χ3n) is 3.22. The fraction of sp³-hybridized carbons (Fsp3) is 0.438. The van der Waals surface area contributed by atoms with Gasteiger partial charge in [0.25, 0.3) is 0 Å². The Labute approximate surface area is 124 Å². The number of methoxy groups -OCH3 is 2. The van der Waals surface area contributed by atoms with Crippen LogP contribution in [0.5, 0.6) is 5.75 Å². The molecule has 1 aliphatic rings. The lowest BCUT2D eigenvalue weighted by Gasteiger charge is -2.04. The lowest BCUT2D eigenvalue weighted by molar-refractivity contribution is -0.134. The van der Waals surface area contributed by atoms with Crippen molar-refractivity contribution in [2.24, 2.45) is 0 Å². The molecule has 0 aromatic heterocycles. The molecule has 1 fully saturated rings. The zero-order valence-corrected chi connectivity index (χ0v) is 12.3. The summed E-state index contributed by atoms with van der Waals surface area (Å²) in [5.41, 5.74) is 1.11. The molecule has 1 saturated heterocycles. The van der Waals surface area contributed by atoms with Crippen molar-refractivity contribution >= 4 is 5.97 Å². The Hall–Kier alpha value is -1.85. The molecule has 21 heavy (non-hydrogen) atoms. The zero-order valence-electron chi connectivity index (χ0n) is 12.3. The van der Waals surface area contributed by atoms with Crippen molar-refractivity contribution < 1.29 is 23.7 Å². The van der Waals surface area contributed by atoms with E-state index >= 15 is 0 Å². The third kappa shape index (κ3) is 5.21. The van der Waals surface area contributed by atoms with Crippen molar-refractivity contribution in [2.75, 3.05) is 20.8 Å². The Morgan fingerprint density at radius 3 is 2.71 bits per heavy atom. The summed E-state index contributed by atoms with van der Waals surface area (Å²) in [6.07, 6.45) is 4.07. The van der Waals surface area contributed by atoms with Gasteiger partial charge in [-0.15, -0.1) is 0 Å². The normalized spacial score (nSPS) is 20.5. The molecule has 1 aromatic carbocycles. The molecule has 5 nitrogen and oxygen atoms in total. The Bertz CT molecular complexity index is 480. The highest BCUT2D eigenvalue weighted by Gasteiger charge is 2.35. The molecule has 0 bridgehead atoms. The van der Waals surface area contributed by atoms with Crippen molar-refractivity contribution in [3.05, 3.63) is 42.0 Å². The molecule has 1 heterocycles. The number of benzene rings is 1. The Balaban J connectivity index is 1.58. The van der Waals surface area contributed by atoms with Crippen LogP contribution >= 0.6 is 0 Å². The molecule has 0 radical (unpaired) electrons. The molecule has 2 rings (SSSR count). The van der Waals surface area contributed by atoms with Crippen LogP contribution in [0.1, 0.15) is 12.0 Å². The van der Waals surface area contributed by atoms with E-state index in [1.165, 1.54) is 13.2 Å². The largest absolute Gasteiger partial charge is 0.497 e. The number of hydrogen-bond donors (Lipinski definition) is 0. The fourth-order valence-electron chi connectivity index (χ4n) is 1.91. The maximum atomic E-state index is 10.9. The molecule has 1 aromatic rings. The second kappa shape index (κ2) is 7.81. The molecule has 114 valence electrons. The van der Waals surface area contributed by atoms with E-state index in [0.717, 1.165) is 17.7 Å². The molecular formula is C16H20O5. The SMILES string of the molecule is COC(=O)/C=C/C1OC1CCOCc1ccc(OC)cc1. The predicted molar refractivity (Wildman–Crippen MR) is 77.1 cm³/mol. The Kier molecular flexibility index (Phi) is 5.78. The average molecular weight is 292 g/mol. The standard InChI is InChI=1S/C16H20O5/c1-18-13-5-3-12(4-6-13)11-20-10-9-15-14(21-15)7-8-16(17)19-2/h3-8,14-15H,9-11H2,1-2H3/b8-7+. The van der Waals surface area contributed by atoms with Gasteiger partial charge in [-0.05, 0) is 30.2 Å². The van der Waals surface area contributed by atoms with E-state index in [1.54, 1.807) is 13.2 Å². The van der Waals surface area contributed by atoms with Crippen LogP contribution < -0.4 is 4.74 Å². The van der Waals surface area contributed by atoms with Crippen molar-refractivity contribution in [1.29, 1.82) is 0 Å². The lowest BCUT2D eigenvalue weighted by Crippen LogP contribution is -2.01. The van der Waals surface area contributed by atoms with Crippen LogP contribution in [-0.2, 0) is 25.6 Å². The number of esters is 1. The van der Waals surface area contributed by atoms with Gasteiger partial charge in [0.05, 0.1) is 26.9 Å². The van der Waals surface area contributed by atoms with Crippen LogP contribution in [0.3, 0.4) is 0 Å². The summed E-state index contributed by atoms with van der Waals surface area (Å²) in [6, 6.07) is 7.79. The molecule has 0 aliphatic carbocycles. The number of epoxide rings is 1. The third-order valence-corrected chi connectivity index (χ3v) is 3.22. The summed E-state index contributed by atoms with van der Waals surface area (Å²) in [5.74, 6) is 0.477. The van der Waals surface area contributed by atoms with Crippen LogP contribution in [0.4, 0.5) is 0 Å². The van der Waals surface area contributed by atoms with Crippen molar-refractivity contribution in [2.45, 2.75) is 25.2 Å². The van der Waals surface area contributed by atoms with Crippen molar-refractivity contribution in [3.8, 4) is 5.75 Å². The first-order valence-electron chi connectivity index (χ1n) is 6.85. The van der Waals surface area contributed by atoms with Gasteiger partial charge in [-0.2, -0.15) is 0 Å². The van der Waals surface area contributed by atoms with Gasteiger partial charge in [-0.25, -0.2) is 4.79 Å². The van der Waals surface area contributed by atoms with E-state index < -0.39 is 0 Å². The van der Waals surface area contributed by atoms with E-state index in [1.807, 2.05) is 24.3 Å². The smallest absolute Gasteiger partial charge is 0.330 e. The molecule has 0 amide bonds. The van der Waals surface area contributed by atoms with E-state index in [0.29, 0.717) is 13.2 Å². The van der Waals surface area contributed by atoms with Crippen LogP contribution in [0.2, 0.25) is 0 Å². The molecule has 0 N–H and O–H groups in total. The van der Waals surface area contributed by atoms with E-state index in [-0.39, 0.29) is 18.2 Å². The maximum Gasteiger partial charge on any atom is 0.330 e. The van der Waals surface area contributed by atoms with Crippen LogP contribution in [0, 0.1) is 0 Å². The van der Waals surface area contributed by atoms with Crippen LogP contribution in [-0.4, -0.2) is 39.0 Å². The summed E-state index contributed by atoms with van der Waals surface area (Å²) in [7, 11) is 3.00. The molecular weight excluding hydrogens is 272 g/mol. The summed E-state index contributed by atoms with van der Waals surface area (Å²) >= 11 is 0. The first kappa shape index (κ1) is 15.5. The van der Waals surface area contributed by atoms with Crippen molar-refractivity contribution in [3.63, 3.8) is 0 Å². The molecule has 0 spiro atoms. The van der Waals surface area contributed by atoms with Crippen LogP contribution in [0.15, 0.2) is 36.4 Å². The van der Waals surface area contributed by atoms with Gasteiger partial charge >= 0.3 is 5.97 Å². The highest BCUT2D eigenvalue weighted by atomic mass is 16.6. The summed E-state index contributed by atoms with van der Waals surface area (Å²) in [4.78, 5) is 10.9. The van der Waals surface area contributed by atoms with Gasteiger partial charge < -0.3 is 18.9 Å². The molecule has 2 unspecified atom stereocenters. The van der Waals surface area contributed by atoms with Gasteiger partial charge in [0.2, 0.25) is 0 Å². The van der Waals surface area contributed by atoms with Crippen molar-refractivity contribution in [1.82, 2.24) is 0 Å². The lowest BCUT2D eigenvalue weighted by atomic mass is 10.2. The number of rotatable bonds is 8. The first-order chi connectivity index (χ1) is 10.2. The van der Waals surface area contributed by atoms with Gasteiger partial charge in [0.1, 0.15) is 11.9 Å². The van der Waals surface area contributed by atoms with Gasteiger partial charge in [0.15, 0.2) is 0 Å². The second-order valence-corrected chi connectivity index (χ2v) is 4.71. The van der Waals surface area contributed by atoms with E-state index in [9.17, 15) is 4.79 Å². The Morgan fingerprint density at radius 1 is 1.29 bits per heavy atom. The topological polar surface area (TPSA) is 57.3 Å². The van der Waals surface area contributed by atoms with E-state index in [2.05, 4.69) is 4.74 Å². The molecule has 5 heteroatoms. The number of hydrogen-bond acceptors (Lipinski definition) is 5.